The average molecular weight is 464 g/mol. The molecule has 32 heavy (non-hydrogen) atoms. The van der Waals surface area contributed by atoms with Crippen molar-refractivity contribution in [2.45, 2.75) is 43.7 Å². The maximum Gasteiger partial charge on any atom is 0.435 e. The van der Waals surface area contributed by atoms with Crippen LogP contribution in [0.3, 0.4) is 0 Å². The SMILES string of the molecule is O=C(NCC1(c2ccc(Cl)cc2)CCCCC1)c1cn(-c2ncccn2)nc1C(F)(F)F. The zero-order valence-corrected chi connectivity index (χ0v) is 17.8. The Labute approximate surface area is 187 Å². The Hall–Kier alpha value is -2.94. The van der Waals surface area contributed by atoms with E-state index in [4.69, 9.17) is 11.6 Å². The number of rotatable bonds is 5. The van der Waals surface area contributed by atoms with E-state index in [0.717, 1.165) is 48.5 Å². The highest BCUT2D eigenvalue weighted by Crippen LogP contribution is 2.39. The molecule has 0 atom stereocenters. The smallest absolute Gasteiger partial charge is 0.351 e. The van der Waals surface area contributed by atoms with Gasteiger partial charge in [0.15, 0.2) is 5.69 Å². The molecule has 1 aromatic carbocycles. The topological polar surface area (TPSA) is 72.7 Å². The molecule has 1 aliphatic rings. The molecule has 0 saturated heterocycles. The van der Waals surface area contributed by atoms with Crippen molar-refractivity contribution in [1.82, 2.24) is 25.1 Å². The van der Waals surface area contributed by atoms with Gasteiger partial charge in [0.05, 0.1) is 5.56 Å². The van der Waals surface area contributed by atoms with Gasteiger partial charge in [-0.1, -0.05) is 43.0 Å². The van der Waals surface area contributed by atoms with E-state index in [1.165, 1.54) is 18.5 Å². The van der Waals surface area contributed by atoms with Crippen molar-refractivity contribution >= 4 is 17.5 Å². The summed E-state index contributed by atoms with van der Waals surface area (Å²) in [5.41, 5.74) is -1.17. The van der Waals surface area contributed by atoms with Gasteiger partial charge in [0.2, 0.25) is 5.95 Å². The molecule has 1 aliphatic carbocycles. The lowest BCUT2D eigenvalue weighted by atomic mass is 9.69. The normalized spacial score (nSPS) is 16.0. The van der Waals surface area contributed by atoms with E-state index in [9.17, 15) is 18.0 Å². The van der Waals surface area contributed by atoms with Crippen molar-refractivity contribution < 1.29 is 18.0 Å². The Kier molecular flexibility index (Phi) is 6.19. The molecule has 1 amide bonds. The predicted molar refractivity (Wildman–Crippen MR) is 113 cm³/mol. The molecular formula is C22H21ClF3N5O. The summed E-state index contributed by atoms with van der Waals surface area (Å²) in [5.74, 6) is -0.889. The molecule has 2 aromatic heterocycles. The molecule has 0 aliphatic heterocycles. The number of benzene rings is 1. The number of hydrogen-bond donors (Lipinski definition) is 1. The molecule has 6 nitrogen and oxygen atoms in total. The van der Waals surface area contributed by atoms with Crippen LogP contribution in [0.25, 0.3) is 5.95 Å². The van der Waals surface area contributed by atoms with Gasteiger partial charge in [-0.2, -0.15) is 18.3 Å². The van der Waals surface area contributed by atoms with E-state index < -0.39 is 23.3 Å². The van der Waals surface area contributed by atoms with Crippen LogP contribution in [0.2, 0.25) is 5.02 Å². The highest BCUT2D eigenvalue weighted by Gasteiger charge is 2.40. The fourth-order valence-corrected chi connectivity index (χ4v) is 4.33. The van der Waals surface area contributed by atoms with Gasteiger partial charge in [0, 0.05) is 35.6 Å². The Bertz CT molecular complexity index is 1080. The van der Waals surface area contributed by atoms with Gasteiger partial charge in [0.1, 0.15) is 0 Å². The van der Waals surface area contributed by atoms with Crippen LogP contribution in [0.1, 0.15) is 53.7 Å². The van der Waals surface area contributed by atoms with E-state index in [1.807, 2.05) is 12.1 Å². The molecule has 2 heterocycles. The zero-order chi connectivity index (χ0) is 22.8. The number of aromatic nitrogens is 4. The lowest BCUT2D eigenvalue weighted by molar-refractivity contribution is -0.141. The third-order valence-corrected chi connectivity index (χ3v) is 6.09. The van der Waals surface area contributed by atoms with Crippen LogP contribution in [0.15, 0.2) is 48.9 Å². The van der Waals surface area contributed by atoms with Crippen LogP contribution in [0.4, 0.5) is 13.2 Å². The second-order valence-corrected chi connectivity index (χ2v) is 8.35. The number of nitrogens with one attached hydrogen (secondary N) is 1. The van der Waals surface area contributed by atoms with Crippen LogP contribution in [0.5, 0.6) is 0 Å². The number of alkyl halides is 3. The highest BCUT2D eigenvalue weighted by molar-refractivity contribution is 6.30. The largest absolute Gasteiger partial charge is 0.435 e. The van der Waals surface area contributed by atoms with Gasteiger partial charge in [0.25, 0.3) is 5.91 Å². The summed E-state index contributed by atoms with van der Waals surface area (Å²) in [7, 11) is 0. The number of halogens is 4. The van der Waals surface area contributed by atoms with Gasteiger partial charge in [-0.3, -0.25) is 4.79 Å². The maximum absolute atomic E-state index is 13.6. The van der Waals surface area contributed by atoms with Crippen LogP contribution < -0.4 is 5.32 Å². The molecule has 1 fully saturated rings. The quantitative estimate of drug-likeness (QED) is 0.580. The molecule has 0 radical (unpaired) electrons. The van der Waals surface area contributed by atoms with Crippen LogP contribution in [-0.4, -0.2) is 32.2 Å². The lowest BCUT2D eigenvalue weighted by Gasteiger charge is -2.38. The van der Waals surface area contributed by atoms with Crippen molar-refractivity contribution in [3.05, 3.63) is 70.8 Å². The van der Waals surface area contributed by atoms with Gasteiger partial charge < -0.3 is 5.32 Å². The number of nitrogens with zero attached hydrogens (tertiary/aromatic N) is 4. The van der Waals surface area contributed by atoms with Crippen molar-refractivity contribution in [2.24, 2.45) is 0 Å². The summed E-state index contributed by atoms with van der Waals surface area (Å²) >= 11 is 6.02. The Morgan fingerprint density at radius 2 is 1.75 bits per heavy atom. The average Bonchev–Trinajstić information content (AvgIpc) is 3.26. The maximum atomic E-state index is 13.6. The molecule has 0 unspecified atom stereocenters. The fraction of sp³-hybridized carbons (Fsp3) is 0.364. The lowest BCUT2D eigenvalue weighted by Crippen LogP contribution is -2.42. The summed E-state index contributed by atoms with van der Waals surface area (Å²) in [4.78, 5) is 20.7. The first kappa shape index (κ1) is 22.3. The van der Waals surface area contributed by atoms with Crippen molar-refractivity contribution in [2.75, 3.05) is 6.54 Å². The minimum atomic E-state index is -4.80. The van der Waals surface area contributed by atoms with E-state index in [-0.39, 0.29) is 17.9 Å². The third kappa shape index (κ3) is 4.62. The van der Waals surface area contributed by atoms with Crippen LogP contribution in [-0.2, 0) is 11.6 Å². The first-order chi connectivity index (χ1) is 15.3. The Morgan fingerprint density at radius 1 is 1.09 bits per heavy atom. The van der Waals surface area contributed by atoms with Gasteiger partial charge in [-0.25, -0.2) is 14.6 Å². The first-order valence-electron chi connectivity index (χ1n) is 10.3. The van der Waals surface area contributed by atoms with Gasteiger partial charge in [-0.15, -0.1) is 0 Å². The highest BCUT2D eigenvalue weighted by atomic mass is 35.5. The van der Waals surface area contributed by atoms with Crippen LogP contribution >= 0.6 is 11.6 Å². The Balaban J connectivity index is 1.61. The van der Waals surface area contributed by atoms with E-state index in [0.29, 0.717) is 5.02 Å². The van der Waals surface area contributed by atoms with Crippen LogP contribution in [0, 0.1) is 0 Å². The fourth-order valence-electron chi connectivity index (χ4n) is 4.21. The van der Waals surface area contributed by atoms with Crippen molar-refractivity contribution in [3.8, 4) is 5.95 Å². The number of hydrogen-bond acceptors (Lipinski definition) is 4. The summed E-state index contributed by atoms with van der Waals surface area (Å²) in [6.07, 6.45) is 3.70. The monoisotopic (exact) mass is 463 g/mol. The number of carbonyl (C=O) groups excluding carboxylic acids is 1. The summed E-state index contributed by atoms with van der Waals surface area (Å²) in [6, 6.07) is 8.96. The Morgan fingerprint density at radius 3 is 2.38 bits per heavy atom. The standard InChI is InChI=1S/C22H21ClF3N5O/c23-16-7-5-15(6-8-16)21(9-2-1-3-10-21)14-29-19(32)17-13-31(20-27-11-4-12-28-20)30-18(17)22(24,25)26/h4-8,11-13H,1-3,9-10,14H2,(H,29,32). The molecule has 0 bridgehead atoms. The number of amides is 1. The molecule has 10 heteroatoms. The predicted octanol–water partition coefficient (Wildman–Crippen LogP) is 4.97. The second-order valence-electron chi connectivity index (χ2n) is 7.91. The minimum absolute atomic E-state index is 0.0537. The molecule has 0 spiro atoms. The summed E-state index contributed by atoms with van der Waals surface area (Å²) in [6.45, 7) is 0.220. The van der Waals surface area contributed by atoms with E-state index >= 15 is 0 Å². The van der Waals surface area contributed by atoms with E-state index in [1.54, 1.807) is 12.1 Å². The zero-order valence-electron chi connectivity index (χ0n) is 17.1. The molecule has 4 rings (SSSR count). The molecule has 1 N–H and O–H groups in total. The molecule has 3 aromatic rings. The van der Waals surface area contributed by atoms with Gasteiger partial charge >= 0.3 is 6.18 Å². The number of carbonyl (C=O) groups is 1. The molecule has 168 valence electrons. The van der Waals surface area contributed by atoms with Crippen molar-refractivity contribution in [3.63, 3.8) is 0 Å². The van der Waals surface area contributed by atoms with Crippen molar-refractivity contribution in [1.29, 1.82) is 0 Å². The molecule has 1 saturated carbocycles. The minimum Gasteiger partial charge on any atom is -0.351 e. The third-order valence-electron chi connectivity index (χ3n) is 5.84. The summed E-state index contributed by atoms with van der Waals surface area (Å²) in [5, 5.41) is 6.88. The second kappa shape index (κ2) is 8.90. The van der Waals surface area contributed by atoms with E-state index in [2.05, 4.69) is 20.4 Å². The molecular weight excluding hydrogens is 443 g/mol. The summed E-state index contributed by atoms with van der Waals surface area (Å²) < 4.78 is 41.7. The van der Waals surface area contributed by atoms with Gasteiger partial charge in [-0.05, 0) is 36.6 Å². The first-order valence-corrected chi connectivity index (χ1v) is 10.6.